The molecule has 0 saturated carbocycles. The molecule has 0 aliphatic rings. The quantitative estimate of drug-likeness (QED) is 0.922. The third-order valence-corrected chi connectivity index (χ3v) is 3.29. The van der Waals surface area contributed by atoms with Gasteiger partial charge in [0.1, 0.15) is 0 Å². The van der Waals surface area contributed by atoms with Crippen LogP contribution in [0.25, 0.3) is 0 Å². The molecular formula is C16H21F3N2O2. The monoisotopic (exact) mass is 330 g/mol. The molecule has 0 aromatic heterocycles. The second-order valence-electron chi connectivity index (χ2n) is 6.17. The van der Waals surface area contributed by atoms with Gasteiger partial charge in [-0.1, -0.05) is 0 Å². The molecule has 7 heteroatoms. The zero-order valence-corrected chi connectivity index (χ0v) is 13.6. The highest BCUT2D eigenvalue weighted by atomic mass is 19.4. The van der Waals surface area contributed by atoms with Crippen molar-refractivity contribution in [1.82, 2.24) is 10.2 Å². The number of alkyl halides is 3. The molecule has 1 aromatic carbocycles. The van der Waals surface area contributed by atoms with Crippen molar-refractivity contribution in [3.05, 3.63) is 35.4 Å². The number of nitrogens with one attached hydrogen (secondary N) is 1. The summed E-state index contributed by atoms with van der Waals surface area (Å²) in [6.07, 6.45) is -4.43. The van der Waals surface area contributed by atoms with Crippen LogP contribution in [0, 0.1) is 0 Å². The minimum Gasteiger partial charge on any atom is -0.350 e. The van der Waals surface area contributed by atoms with Crippen molar-refractivity contribution in [2.45, 2.75) is 39.4 Å². The largest absolute Gasteiger partial charge is 0.416 e. The molecule has 128 valence electrons. The molecular weight excluding hydrogens is 309 g/mol. The lowest BCUT2D eigenvalue weighted by Crippen LogP contribution is -2.48. The van der Waals surface area contributed by atoms with Gasteiger partial charge in [-0.2, -0.15) is 13.2 Å². The summed E-state index contributed by atoms with van der Waals surface area (Å²) in [7, 11) is 0. The summed E-state index contributed by atoms with van der Waals surface area (Å²) in [5, 5.41) is 2.60. The maximum Gasteiger partial charge on any atom is 0.416 e. The summed E-state index contributed by atoms with van der Waals surface area (Å²) in [5.41, 5.74) is -1.03. The molecule has 0 atom stereocenters. The number of benzene rings is 1. The number of nitrogens with zero attached hydrogens (tertiary/aromatic N) is 1. The van der Waals surface area contributed by atoms with E-state index in [1.54, 1.807) is 4.90 Å². The predicted molar refractivity (Wildman–Crippen MR) is 80.9 cm³/mol. The van der Waals surface area contributed by atoms with Crippen LogP contribution in [0.5, 0.6) is 0 Å². The molecule has 4 nitrogen and oxygen atoms in total. The number of rotatable bonds is 4. The maximum atomic E-state index is 12.5. The van der Waals surface area contributed by atoms with Crippen molar-refractivity contribution in [2.75, 3.05) is 13.1 Å². The van der Waals surface area contributed by atoms with Gasteiger partial charge in [-0.15, -0.1) is 0 Å². The summed E-state index contributed by atoms with van der Waals surface area (Å²) in [4.78, 5) is 25.1. The Morgan fingerprint density at radius 2 is 1.61 bits per heavy atom. The van der Waals surface area contributed by atoms with Gasteiger partial charge < -0.3 is 10.2 Å². The van der Waals surface area contributed by atoms with Crippen LogP contribution in [0.2, 0.25) is 0 Å². The van der Waals surface area contributed by atoms with E-state index in [0.717, 1.165) is 24.3 Å². The fraction of sp³-hybridized carbons (Fsp3) is 0.500. The summed E-state index contributed by atoms with van der Waals surface area (Å²) in [5.74, 6) is -0.586. The van der Waals surface area contributed by atoms with Gasteiger partial charge in [0.05, 0.1) is 5.56 Å². The molecule has 0 aliphatic heterocycles. The highest BCUT2D eigenvalue weighted by molar-refractivity contribution is 5.94. The topological polar surface area (TPSA) is 49.4 Å². The molecule has 1 aromatic rings. The number of hydrogen-bond donors (Lipinski definition) is 1. The summed E-state index contributed by atoms with van der Waals surface area (Å²) in [6, 6.07) is 3.99. The lowest BCUT2D eigenvalue weighted by molar-refractivity contribution is -0.137. The highest BCUT2D eigenvalue weighted by Gasteiger charge is 2.30. The Balaban J connectivity index is 2.62. The normalized spacial score (nSPS) is 12.0. The number of carbonyl (C=O) groups is 2. The lowest BCUT2D eigenvalue weighted by Gasteiger charge is -2.35. The van der Waals surface area contributed by atoms with E-state index < -0.39 is 17.6 Å². The first kappa shape index (κ1) is 19.0. The maximum absolute atomic E-state index is 12.5. The van der Waals surface area contributed by atoms with E-state index in [1.807, 2.05) is 20.8 Å². The Bertz CT molecular complexity index is 560. The molecule has 1 rings (SSSR count). The van der Waals surface area contributed by atoms with Crippen LogP contribution < -0.4 is 5.32 Å². The second-order valence-corrected chi connectivity index (χ2v) is 6.17. The van der Waals surface area contributed by atoms with E-state index in [2.05, 4.69) is 5.32 Å². The third-order valence-electron chi connectivity index (χ3n) is 3.29. The SMILES string of the molecule is CC(=O)N(CCNC(=O)c1ccc(C(F)(F)F)cc1)C(C)(C)C. The van der Waals surface area contributed by atoms with Crippen LogP contribution in [-0.2, 0) is 11.0 Å². The van der Waals surface area contributed by atoms with Crippen molar-refractivity contribution >= 4 is 11.8 Å². The van der Waals surface area contributed by atoms with Gasteiger partial charge in [0.2, 0.25) is 5.91 Å². The zero-order valence-electron chi connectivity index (χ0n) is 13.6. The summed E-state index contributed by atoms with van der Waals surface area (Å²) in [6.45, 7) is 7.63. The number of carbonyl (C=O) groups excluding carboxylic acids is 2. The first-order chi connectivity index (χ1) is 10.4. The number of halogens is 3. The molecule has 2 amide bonds. The molecule has 23 heavy (non-hydrogen) atoms. The Morgan fingerprint density at radius 3 is 2.00 bits per heavy atom. The minimum absolute atomic E-state index is 0.110. The number of amides is 2. The molecule has 0 fully saturated rings. The molecule has 0 heterocycles. The zero-order chi connectivity index (χ0) is 17.8. The molecule has 0 radical (unpaired) electrons. The fourth-order valence-corrected chi connectivity index (χ4v) is 2.16. The van der Waals surface area contributed by atoms with Gasteiger partial charge in [-0.25, -0.2) is 0 Å². The van der Waals surface area contributed by atoms with Gasteiger partial charge in [0.15, 0.2) is 0 Å². The molecule has 1 N–H and O–H groups in total. The van der Waals surface area contributed by atoms with Crippen molar-refractivity contribution in [3.8, 4) is 0 Å². The van der Waals surface area contributed by atoms with E-state index in [4.69, 9.17) is 0 Å². The van der Waals surface area contributed by atoms with Gasteiger partial charge in [0.25, 0.3) is 5.91 Å². The van der Waals surface area contributed by atoms with Gasteiger partial charge >= 0.3 is 6.18 Å². The molecule has 0 bridgehead atoms. The van der Waals surface area contributed by atoms with Gasteiger partial charge in [0, 0.05) is 31.1 Å². The van der Waals surface area contributed by atoms with Crippen LogP contribution in [0.3, 0.4) is 0 Å². The average Bonchev–Trinajstić information content (AvgIpc) is 2.40. The van der Waals surface area contributed by atoms with Crippen molar-refractivity contribution < 1.29 is 22.8 Å². The fourth-order valence-electron chi connectivity index (χ4n) is 2.16. The van der Waals surface area contributed by atoms with E-state index in [1.165, 1.54) is 6.92 Å². The van der Waals surface area contributed by atoms with Crippen LogP contribution in [0.4, 0.5) is 13.2 Å². The Labute approximate surface area is 133 Å². The smallest absolute Gasteiger partial charge is 0.350 e. The van der Waals surface area contributed by atoms with Crippen molar-refractivity contribution in [2.24, 2.45) is 0 Å². The van der Waals surface area contributed by atoms with Crippen molar-refractivity contribution in [3.63, 3.8) is 0 Å². The first-order valence-corrected chi connectivity index (χ1v) is 7.16. The van der Waals surface area contributed by atoms with Crippen molar-refractivity contribution in [1.29, 1.82) is 0 Å². The second kappa shape index (κ2) is 7.02. The molecule has 0 aliphatic carbocycles. The van der Waals surface area contributed by atoms with Crippen LogP contribution in [0.1, 0.15) is 43.6 Å². The Hall–Kier alpha value is -2.05. The Morgan fingerprint density at radius 1 is 1.09 bits per heavy atom. The Kier molecular flexibility index (Phi) is 5.80. The lowest BCUT2D eigenvalue weighted by atomic mass is 10.1. The summed E-state index contributed by atoms with van der Waals surface area (Å²) < 4.78 is 37.4. The van der Waals surface area contributed by atoms with E-state index in [9.17, 15) is 22.8 Å². The molecule has 0 unspecified atom stereocenters. The minimum atomic E-state index is -4.43. The summed E-state index contributed by atoms with van der Waals surface area (Å²) >= 11 is 0. The van der Waals surface area contributed by atoms with E-state index >= 15 is 0 Å². The van der Waals surface area contributed by atoms with Gasteiger partial charge in [-0.3, -0.25) is 9.59 Å². The average molecular weight is 330 g/mol. The number of hydrogen-bond acceptors (Lipinski definition) is 2. The van der Waals surface area contributed by atoms with Crippen LogP contribution in [-0.4, -0.2) is 35.3 Å². The first-order valence-electron chi connectivity index (χ1n) is 7.16. The third kappa shape index (κ3) is 5.58. The molecule has 0 spiro atoms. The molecule has 0 saturated heterocycles. The standard InChI is InChI=1S/C16H21F3N2O2/c1-11(22)21(15(2,3)4)10-9-20-14(23)12-5-7-13(8-6-12)16(17,18)19/h5-8H,9-10H2,1-4H3,(H,20,23). The van der Waals surface area contributed by atoms with Crippen LogP contribution >= 0.6 is 0 Å². The van der Waals surface area contributed by atoms with Gasteiger partial charge in [-0.05, 0) is 45.0 Å². The predicted octanol–water partition coefficient (Wildman–Crippen LogP) is 3.08. The van der Waals surface area contributed by atoms with E-state index in [-0.39, 0.29) is 23.6 Å². The highest BCUT2D eigenvalue weighted by Crippen LogP contribution is 2.29. The van der Waals surface area contributed by atoms with Crippen LogP contribution in [0.15, 0.2) is 24.3 Å². The van der Waals surface area contributed by atoms with E-state index in [0.29, 0.717) is 6.54 Å².